The number of nitrogens with zero attached hydrogens (tertiary/aromatic N) is 1. The summed E-state index contributed by atoms with van der Waals surface area (Å²) in [6, 6.07) is 89.0. The van der Waals surface area contributed by atoms with Gasteiger partial charge < -0.3 is 13.7 Å². The molecule has 2 aromatic heterocycles. The lowest BCUT2D eigenvalue weighted by molar-refractivity contribution is 0.668. The number of fused-ring (bicyclic) bond motifs is 7. The average molecular weight is 856 g/mol. The van der Waals surface area contributed by atoms with Gasteiger partial charge >= 0.3 is 0 Å². The van der Waals surface area contributed by atoms with Crippen molar-refractivity contribution in [3.63, 3.8) is 0 Å². The number of rotatable bonds is 8. The first-order valence-corrected chi connectivity index (χ1v) is 22.8. The maximum atomic E-state index is 6.25. The van der Waals surface area contributed by atoms with Crippen LogP contribution in [0.15, 0.2) is 258 Å². The topological polar surface area (TPSA) is 29.5 Å². The van der Waals surface area contributed by atoms with Gasteiger partial charge in [-0.2, -0.15) is 0 Å². The van der Waals surface area contributed by atoms with Gasteiger partial charge in [-0.25, -0.2) is 0 Å². The van der Waals surface area contributed by atoms with Crippen LogP contribution < -0.4 is 4.90 Å². The van der Waals surface area contributed by atoms with Gasteiger partial charge in [0.2, 0.25) is 0 Å². The van der Waals surface area contributed by atoms with Crippen molar-refractivity contribution < 1.29 is 8.83 Å². The lowest BCUT2D eigenvalue weighted by Gasteiger charge is -2.26. The van der Waals surface area contributed by atoms with Crippen molar-refractivity contribution in [2.75, 3.05) is 4.90 Å². The Morgan fingerprint density at radius 1 is 0.209 bits per heavy atom. The van der Waals surface area contributed by atoms with Gasteiger partial charge in [0.25, 0.3) is 0 Å². The molecule has 2 heterocycles. The molecule has 3 nitrogen and oxygen atoms in total. The molecule has 0 atom stereocenters. The van der Waals surface area contributed by atoms with Crippen LogP contribution in [0.25, 0.3) is 110 Å². The van der Waals surface area contributed by atoms with Crippen LogP contribution in [0, 0.1) is 0 Å². The van der Waals surface area contributed by atoms with E-state index in [1.54, 1.807) is 0 Å². The Balaban J connectivity index is 0.813. The molecule has 314 valence electrons. The van der Waals surface area contributed by atoms with Crippen LogP contribution >= 0.6 is 0 Å². The number of furan rings is 2. The molecule has 0 fully saturated rings. The zero-order valence-electron chi connectivity index (χ0n) is 36.4. The first-order valence-electron chi connectivity index (χ1n) is 22.8. The van der Waals surface area contributed by atoms with E-state index in [0.29, 0.717) is 0 Å². The highest BCUT2D eigenvalue weighted by Crippen LogP contribution is 2.40. The molecule has 0 spiro atoms. The summed E-state index contributed by atoms with van der Waals surface area (Å²) < 4.78 is 12.5. The molecule has 0 aliphatic rings. The molecular formula is C64H41NO2. The standard InChI is InChI=1S/C64H41NO2/c1-2-9-48-39-51(21-20-42(48)8-1)50-11-7-10-49(38-50)45-18-16-43(17-19-45)44-22-30-54(31-23-44)65(55-32-24-46(25-33-55)52-28-36-59-57-12-3-5-14-61(57)66-63(59)40-52)56-34-26-47(27-35-56)53-29-37-60-58-13-4-6-15-62(58)67-64(60)41-53/h1-41H. The molecule has 3 heteroatoms. The molecule has 0 aliphatic heterocycles. The molecule has 13 aromatic rings. The van der Waals surface area contributed by atoms with Crippen molar-refractivity contribution in [3.8, 4) is 55.6 Å². The van der Waals surface area contributed by atoms with Gasteiger partial charge in [0.05, 0.1) is 0 Å². The molecular weight excluding hydrogens is 815 g/mol. The SMILES string of the molecule is c1cc(-c2ccc(-c3ccc(N(c4ccc(-c5ccc6c(c5)oc5ccccc56)cc4)c4ccc(-c5ccc6c(c5)oc5ccccc56)cc4)cc3)cc2)cc(-c2ccc3ccccc3c2)c1. The average Bonchev–Trinajstić information content (AvgIpc) is 3.97. The smallest absolute Gasteiger partial charge is 0.136 e. The molecule has 0 amide bonds. The van der Waals surface area contributed by atoms with Gasteiger partial charge in [0.1, 0.15) is 22.3 Å². The molecule has 0 bridgehead atoms. The number of hydrogen-bond donors (Lipinski definition) is 0. The van der Waals surface area contributed by atoms with Crippen LogP contribution in [0.5, 0.6) is 0 Å². The Morgan fingerprint density at radius 3 is 1.06 bits per heavy atom. The van der Waals surface area contributed by atoms with Gasteiger partial charge in [-0.05, 0) is 151 Å². The third-order valence-corrected chi connectivity index (χ3v) is 13.3. The van der Waals surface area contributed by atoms with E-state index in [1.165, 1.54) is 38.6 Å². The third-order valence-electron chi connectivity index (χ3n) is 13.3. The highest BCUT2D eigenvalue weighted by Gasteiger charge is 2.16. The monoisotopic (exact) mass is 855 g/mol. The van der Waals surface area contributed by atoms with E-state index in [9.17, 15) is 0 Å². The summed E-state index contributed by atoms with van der Waals surface area (Å²) in [5.74, 6) is 0. The van der Waals surface area contributed by atoms with Crippen LogP contribution in [0.4, 0.5) is 17.1 Å². The fourth-order valence-corrected chi connectivity index (χ4v) is 9.77. The number of para-hydroxylation sites is 2. The van der Waals surface area contributed by atoms with E-state index in [0.717, 1.165) is 88.8 Å². The fourth-order valence-electron chi connectivity index (χ4n) is 9.77. The number of hydrogen-bond acceptors (Lipinski definition) is 3. The van der Waals surface area contributed by atoms with Crippen LogP contribution in [-0.2, 0) is 0 Å². The summed E-state index contributed by atoms with van der Waals surface area (Å²) in [5.41, 5.74) is 18.4. The van der Waals surface area contributed by atoms with Crippen molar-refractivity contribution >= 4 is 71.7 Å². The normalized spacial score (nSPS) is 11.6. The zero-order valence-corrected chi connectivity index (χ0v) is 36.4. The molecule has 13 rings (SSSR count). The first kappa shape index (κ1) is 38.5. The lowest BCUT2D eigenvalue weighted by Crippen LogP contribution is -2.09. The number of benzene rings is 11. The Morgan fingerprint density at radius 2 is 0.552 bits per heavy atom. The number of anilines is 3. The molecule has 0 N–H and O–H groups in total. The van der Waals surface area contributed by atoms with Gasteiger partial charge in [-0.1, -0.05) is 164 Å². The van der Waals surface area contributed by atoms with Crippen molar-refractivity contribution in [3.05, 3.63) is 249 Å². The van der Waals surface area contributed by atoms with Gasteiger partial charge in [-0.15, -0.1) is 0 Å². The molecule has 0 unspecified atom stereocenters. The second-order valence-corrected chi connectivity index (χ2v) is 17.3. The predicted molar refractivity (Wildman–Crippen MR) is 280 cm³/mol. The summed E-state index contributed by atoms with van der Waals surface area (Å²) in [6.45, 7) is 0. The molecule has 0 radical (unpaired) electrons. The second kappa shape index (κ2) is 16.0. The van der Waals surface area contributed by atoms with Crippen molar-refractivity contribution in [2.24, 2.45) is 0 Å². The first-order chi connectivity index (χ1) is 33.1. The van der Waals surface area contributed by atoms with Crippen LogP contribution in [0.1, 0.15) is 0 Å². The van der Waals surface area contributed by atoms with Crippen LogP contribution in [0.2, 0.25) is 0 Å². The highest BCUT2D eigenvalue weighted by atomic mass is 16.3. The molecule has 11 aromatic carbocycles. The van der Waals surface area contributed by atoms with E-state index in [2.05, 4.69) is 229 Å². The minimum Gasteiger partial charge on any atom is -0.456 e. The van der Waals surface area contributed by atoms with E-state index < -0.39 is 0 Å². The minimum atomic E-state index is 0.893. The predicted octanol–water partition coefficient (Wildman–Crippen LogP) is 18.4. The van der Waals surface area contributed by atoms with Gasteiger partial charge in [0, 0.05) is 38.6 Å². The molecule has 67 heavy (non-hydrogen) atoms. The molecule has 0 saturated carbocycles. The van der Waals surface area contributed by atoms with Gasteiger partial charge in [-0.3, -0.25) is 0 Å². The Hall–Kier alpha value is -8.92. The summed E-state index contributed by atoms with van der Waals surface area (Å²) >= 11 is 0. The summed E-state index contributed by atoms with van der Waals surface area (Å²) in [6.07, 6.45) is 0. The quantitative estimate of drug-likeness (QED) is 0.152. The Labute approximate surface area is 388 Å². The summed E-state index contributed by atoms with van der Waals surface area (Å²) in [7, 11) is 0. The van der Waals surface area contributed by atoms with E-state index in [-0.39, 0.29) is 0 Å². The Bertz CT molecular complexity index is 3790. The van der Waals surface area contributed by atoms with Crippen LogP contribution in [-0.4, -0.2) is 0 Å². The zero-order chi connectivity index (χ0) is 44.3. The summed E-state index contributed by atoms with van der Waals surface area (Å²) in [5, 5.41) is 7.04. The Kier molecular flexibility index (Phi) is 9.17. The van der Waals surface area contributed by atoms with E-state index >= 15 is 0 Å². The van der Waals surface area contributed by atoms with Crippen LogP contribution in [0.3, 0.4) is 0 Å². The van der Waals surface area contributed by atoms with Crippen molar-refractivity contribution in [1.82, 2.24) is 0 Å². The van der Waals surface area contributed by atoms with Gasteiger partial charge in [0.15, 0.2) is 0 Å². The van der Waals surface area contributed by atoms with Crippen molar-refractivity contribution in [1.29, 1.82) is 0 Å². The largest absolute Gasteiger partial charge is 0.456 e. The third kappa shape index (κ3) is 7.02. The minimum absolute atomic E-state index is 0.893. The van der Waals surface area contributed by atoms with E-state index in [1.807, 2.05) is 24.3 Å². The van der Waals surface area contributed by atoms with Crippen molar-refractivity contribution in [2.45, 2.75) is 0 Å². The second-order valence-electron chi connectivity index (χ2n) is 17.3. The maximum absolute atomic E-state index is 6.25. The summed E-state index contributed by atoms with van der Waals surface area (Å²) in [4.78, 5) is 2.33. The molecule has 0 aliphatic carbocycles. The molecule has 0 saturated heterocycles. The maximum Gasteiger partial charge on any atom is 0.136 e. The fraction of sp³-hybridized carbons (Fsp3) is 0. The van der Waals surface area contributed by atoms with E-state index in [4.69, 9.17) is 8.83 Å². The highest BCUT2D eigenvalue weighted by molar-refractivity contribution is 6.07. The lowest BCUT2D eigenvalue weighted by atomic mass is 9.96.